The molecular weight excluding hydrogens is 224 g/mol. The summed E-state index contributed by atoms with van der Waals surface area (Å²) < 4.78 is 16.0. The predicted molar refractivity (Wildman–Crippen MR) is 58.6 cm³/mol. The van der Waals surface area contributed by atoms with E-state index in [0.29, 0.717) is 18.8 Å². The fraction of sp³-hybridized carbons (Fsp3) is 0.417. The van der Waals surface area contributed by atoms with Gasteiger partial charge in [0.25, 0.3) is 0 Å². The molecule has 0 aromatic heterocycles. The maximum Gasteiger partial charge on any atom is 0.303 e. The van der Waals surface area contributed by atoms with Crippen LogP contribution >= 0.6 is 0 Å². The number of carbonyl (C=O) groups is 1. The van der Waals surface area contributed by atoms with Crippen LogP contribution in [0.1, 0.15) is 13.3 Å². The second-order valence-corrected chi connectivity index (χ2v) is 3.79. The molecule has 2 rings (SSSR count). The van der Waals surface area contributed by atoms with Crippen molar-refractivity contribution in [1.29, 1.82) is 0 Å². The molecule has 1 heterocycles. The molecule has 1 aliphatic rings. The van der Waals surface area contributed by atoms with E-state index >= 15 is 0 Å². The van der Waals surface area contributed by atoms with E-state index in [-0.39, 0.29) is 17.8 Å². The summed E-state index contributed by atoms with van der Waals surface area (Å²) in [7, 11) is 0. The van der Waals surface area contributed by atoms with E-state index in [0.717, 1.165) is 0 Å². The summed E-state index contributed by atoms with van der Waals surface area (Å²) in [5.74, 6) is 0.382. The van der Waals surface area contributed by atoms with Crippen molar-refractivity contribution in [3.05, 3.63) is 24.3 Å². The molecule has 1 aromatic rings. The van der Waals surface area contributed by atoms with Gasteiger partial charge in [-0.05, 0) is 24.3 Å². The van der Waals surface area contributed by atoms with Gasteiger partial charge >= 0.3 is 5.97 Å². The van der Waals surface area contributed by atoms with Crippen LogP contribution in [0.3, 0.4) is 0 Å². The Morgan fingerprint density at radius 1 is 1.41 bits per heavy atom. The van der Waals surface area contributed by atoms with Crippen molar-refractivity contribution in [2.45, 2.75) is 25.7 Å². The van der Waals surface area contributed by atoms with Gasteiger partial charge in [-0.3, -0.25) is 4.79 Å². The lowest BCUT2D eigenvalue weighted by Crippen LogP contribution is -2.31. The standard InChI is InChI=1S/C12H14O5/c1-8(13)16-11-6-7-15-12(11)17-10-4-2-9(14)3-5-10/h2-5,11-12,14H,6-7H2,1H3. The number of carbonyl (C=O) groups excluding carboxylic acids is 1. The van der Waals surface area contributed by atoms with E-state index in [1.165, 1.54) is 19.1 Å². The third-order valence-electron chi connectivity index (χ3n) is 2.39. The Morgan fingerprint density at radius 2 is 2.12 bits per heavy atom. The maximum atomic E-state index is 10.9. The molecule has 5 nitrogen and oxygen atoms in total. The molecule has 1 N–H and O–H groups in total. The lowest BCUT2D eigenvalue weighted by atomic mass is 10.3. The summed E-state index contributed by atoms with van der Waals surface area (Å²) in [6.07, 6.45) is -0.327. The van der Waals surface area contributed by atoms with Gasteiger partial charge in [0.05, 0.1) is 6.61 Å². The minimum Gasteiger partial charge on any atom is -0.508 e. The maximum absolute atomic E-state index is 10.9. The smallest absolute Gasteiger partial charge is 0.303 e. The Kier molecular flexibility index (Phi) is 3.49. The number of benzene rings is 1. The zero-order chi connectivity index (χ0) is 12.3. The number of esters is 1. The van der Waals surface area contributed by atoms with Gasteiger partial charge in [-0.1, -0.05) is 0 Å². The fourth-order valence-corrected chi connectivity index (χ4v) is 1.64. The Morgan fingerprint density at radius 3 is 2.76 bits per heavy atom. The van der Waals surface area contributed by atoms with E-state index in [9.17, 15) is 4.79 Å². The highest BCUT2D eigenvalue weighted by atomic mass is 16.7. The van der Waals surface area contributed by atoms with Gasteiger partial charge in [-0.15, -0.1) is 0 Å². The van der Waals surface area contributed by atoms with Gasteiger partial charge in [0.2, 0.25) is 6.29 Å². The Bertz CT molecular complexity index is 386. The molecule has 0 amide bonds. The molecule has 0 aliphatic carbocycles. The lowest BCUT2D eigenvalue weighted by molar-refractivity contribution is -0.159. The van der Waals surface area contributed by atoms with E-state index in [1.807, 2.05) is 0 Å². The number of ether oxygens (including phenoxy) is 3. The monoisotopic (exact) mass is 238 g/mol. The molecule has 2 atom stereocenters. The third kappa shape index (κ3) is 3.10. The zero-order valence-electron chi connectivity index (χ0n) is 9.46. The quantitative estimate of drug-likeness (QED) is 0.807. The number of aromatic hydroxyl groups is 1. The fourth-order valence-electron chi connectivity index (χ4n) is 1.64. The van der Waals surface area contributed by atoms with E-state index in [1.54, 1.807) is 12.1 Å². The molecule has 0 radical (unpaired) electrons. The molecule has 0 saturated carbocycles. The molecule has 1 aliphatic heterocycles. The van der Waals surface area contributed by atoms with Gasteiger partial charge < -0.3 is 19.3 Å². The van der Waals surface area contributed by atoms with Gasteiger partial charge in [0, 0.05) is 13.3 Å². The number of rotatable bonds is 3. The topological polar surface area (TPSA) is 65.0 Å². The molecule has 92 valence electrons. The molecule has 2 unspecified atom stereocenters. The molecule has 1 saturated heterocycles. The average molecular weight is 238 g/mol. The Labute approximate surface area is 98.9 Å². The molecule has 1 aromatic carbocycles. The SMILES string of the molecule is CC(=O)OC1CCOC1Oc1ccc(O)cc1. The van der Waals surface area contributed by atoms with Crippen LogP contribution in [0.15, 0.2) is 24.3 Å². The highest BCUT2D eigenvalue weighted by Gasteiger charge is 2.32. The second-order valence-electron chi connectivity index (χ2n) is 3.79. The van der Waals surface area contributed by atoms with Crippen LogP contribution in [0.5, 0.6) is 11.5 Å². The summed E-state index contributed by atoms with van der Waals surface area (Å²) in [5, 5.41) is 9.13. The first kappa shape index (κ1) is 11.7. The van der Waals surface area contributed by atoms with Crippen LogP contribution in [0, 0.1) is 0 Å². The van der Waals surface area contributed by atoms with E-state index in [2.05, 4.69) is 0 Å². The van der Waals surface area contributed by atoms with Crippen molar-refractivity contribution in [1.82, 2.24) is 0 Å². The van der Waals surface area contributed by atoms with Crippen LogP contribution < -0.4 is 4.74 Å². The van der Waals surface area contributed by atoms with Crippen molar-refractivity contribution in [2.75, 3.05) is 6.61 Å². The molecule has 0 spiro atoms. The zero-order valence-corrected chi connectivity index (χ0v) is 9.46. The predicted octanol–water partition coefficient (Wildman–Crippen LogP) is 1.45. The molecule has 0 bridgehead atoms. The van der Waals surface area contributed by atoms with Gasteiger partial charge in [-0.2, -0.15) is 0 Å². The number of phenolic OH excluding ortho intramolecular Hbond substituents is 1. The second kappa shape index (κ2) is 5.05. The van der Waals surface area contributed by atoms with Crippen LogP contribution in [0.4, 0.5) is 0 Å². The van der Waals surface area contributed by atoms with Crippen LogP contribution in [-0.2, 0) is 14.3 Å². The minimum atomic E-state index is -0.580. The third-order valence-corrected chi connectivity index (χ3v) is 2.39. The number of phenols is 1. The van der Waals surface area contributed by atoms with Crippen molar-refractivity contribution in [3.8, 4) is 11.5 Å². The van der Waals surface area contributed by atoms with Crippen molar-refractivity contribution in [3.63, 3.8) is 0 Å². The Balaban J connectivity index is 1.97. The van der Waals surface area contributed by atoms with E-state index < -0.39 is 6.29 Å². The van der Waals surface area contributed by atoms with Crippen LogP contribution in [-0.4, -0.2) is 30.1 Å². The molecule has 5 heteroatoms. The summed E-state index contributed by atoms with van der Waals surface area (Å²) in [5.41, 5.74) is 0. The first-order valence-corrected chi connectivity index (χ1v) is 5.39. The summed E-state index contributed by atoms with van der Waals surface area (Å²) in [6.45, 7) is 1.86. The van der Waals surface area contributed by atoms with E-state index in [4.69, 9.17) is 19.3 Å². The first-order valence-electron chi connectivity index (χ1n) is 5.39. The Hall–Kier alpha value is -1.75. The highest BCUT2D eigenvalue weighted by Crippen LogP contribution is 2.23. The first-order chi connectivity index (χ1) is 8.15. The summed E-state index contributed by atoms with van der Waals surface area (Å²) in [4.78, 5) is 10.9. The van der Waals surface area contributed by atoms with Crippen molar-refractivity contribution < 1.29 is 24.1 Å². The highest BCUT2D eigenvalue weighted by molar-refractivity contribution is 5.66. The summed E-state index contributed by atoms with van der Waals surface area (Å²) in [6, 6.07) is 6.29. The average Bonchev–Trinajstić information content (AvgIpc) is 2.68. The van der Waals surface area contributed by atoms with Crippen LogP contribution in [0.25, 0.3) is 0 Å². The molecule has 17 heavy (non-hydrogen) atoms. The number of hydrogen-bond donors (Lipinski definition) is 1. The normalized spacial score (nSPS) is 23.4. The lowest BCUT2D eigenvalue weighted by Gasteiger charge is -2.19. The van der Waals surface area contributed by atoms with Gasteiger partial charge in [0.1, 0.15) is 11.5 Å². The number of hydrogen-bond acceptors (Lipinski definition) is 5. The van der Waals surface area contributed by atoms with Crippen LogP contribution in [0.2, 0.25) is 0 Å². The molecule has 1 fully saturated rings. The van der Waals surface area contributed by atoms with Gasteiger partial charge in [0.15, 0.2) is 6.10 Å². The van der Waals surface area contributed by atoms with Crippen molar-refractivity contribution in [2.24, 2.45) is 0 Å². The van der Waals surface area contributed by atoms with Gasteiger partial charge in [-0.25, -0.2) is 0 Å². The largest absolute Gasteiger partial charge is 0.508 e. The minimum absolute atomic E-state index is 0.168. The summed E-state index contributed by atoms with van der Waals surface area (Å²) >= 11 is 0. The molecular formula is C12H14O5. The van der Waals surface area contributed by atoms with Crippen molar-refractivity contribution >= 4 is 5.97 Å².